The molecule has 1 aliphatic heterocycles. The predicted molar refractivity (Wildman–Crippen MR) is 112 cm³/mol. The molecule has 0 radical (unpaired) electrons. The summed E-state index contributed by atoms with van der Waals surface area (Å²) in [5, 5.41) is 0. The highest BCUT2D eigenvalue weighted by Gasteiger charge is 2.22. The van der Waals surface area contributed by atoms with Gasteiger partial charge in [-0.3, -0.25) is 4.79 Å². The lowest BCUT2D eigenvalue weighted by Gasteiger charge is -2.15. The standard InChI is InChI=1S/C23H29NO6/c1-14-9-19(16(3)24(14)12-18-7-6-8-29-18)20(25)13-30-23(26)17-10-21(27-4)15(2)22(11-17)28-5/h9-11,18H,6-8,12-13H2,1-5H3/t18-/m0/s1. The third kappa shape index (κ3) is 4.51. The van der Waals surface area contributed by atoms with E-state index in [9.17, 15) is 9.59 Å². The SMILES string of the molecule is COc1cc(C(=O)OCC(=O)c2cc(C)n(C[C@@H]3CCCO3)c2C)cc(OC)c1C. The van der Waals surface area contributed by atoms with Gasteiger partial charge in [0.2, 0.25) is 5.78 Å². The molecule has 1 aromatic heterocycles. The van der Waals surface area contributed by atoms with E-state index in [1.165, 1.54) is 14.2 Å². The van der Waals surface area contributed by atoms with E-state index in [1.807, 2.05) is 26.8 Å². The zero-order chi connectivity index (χ0) is 21.8. The first-order valence-corrected chi connectivity index (χ1v) is 10.1. The Morgan fingerprint density at radius 1 is 1.10 bits per heavy atom. The van der Waals surface area contributed by atoms with Gasteiger partial charge in [-0.1, -0.05) is 0 Å². The number of ether oxygens (including phenoxy) is 4. The molecule has 0 bridgehead atoms. The van der Waals surface area contributed by atoms with Crippen LogP contribution in [0.5, 0.6) is 11.5 Å². The Morgan fingerprint density at radius 3 is 2.33 bits per heavy atom. The van der Waals surface area contributed by atoms with E-state index in [0.717, 1.165) is 42.9 Å². The number of aryl methyl sites for hydroxylation is 1. The molecule has 0 spiro atoms. The zero-order valence-corrected chi connectivity index (χ0v) is 18.2. The van der Waals surface area contributed by atoms with Gasteiger partial charge >= 0.3 is 5.97 Å². The fraction of sp³-hybridized carbons (Fsp3) is 0.478. The first-order chi connectivity index (χ1) is 14.3. The number of benzene rings is 1. The predicted octanol–water partition coefficient (Wildman–Crippen LogP) is 3.65. The van der Waals surface area contributed by atoms with Gasteiger partial charge in [0.1, 0.15) is 11.5 Å². The van der Waals surface area contributed by atoms with Gasteiger partial charge < -0.3 is 23.5 Å². The number of carbonyl (C=O) groups is 2. The highest BCUT2D eigenvalue weighted by atomic mass is 16.5. The third-order valence-corrected chi connectivity index (χ3v) is 5.61. The van der Waals surface area contributed by atoms with Gasteiger partial charge in [-0.15, -0.1) is 0 Å². The van der Waals surface area contributed by atoms with E-state index in [1.54, 1.807) is 12.1 Å². The van der Waals surface area contributed by atoms with Crippen molar-refractivity contribution in [2.24, 2.45) is 0 Å². The van der Waals surface area contributed by atoms with Crippen molar-refractivity contribution < 1.29 is 28.5 Å². The van der Waals surface area contributed by atoms with Crippen molar-refractivity contribution in [3.05, 3.63) is 46.3 Å². The number of nitrogens with zero attached hydrogens (tertiary/aromatic N) is 1. The molecule has 0 saturated carbocycles. The highest BCUT2D eigenvalue weighted by molar-refractivity contribution is 6.00. The summed E-state index contributed by atoms with van der Waals surface area (Å²) >= 11 is 0. The summed E-state index contributed by atoms with van der Waals surface area (Å²) in [6.45, 7) is 6.90. The Balaban J connectivity index is 1.69. The van der Waals surface area contributed by atoms with Crippen molar-refractivity contribution in [3.8, 4) is 11.5 Å². The van der Waals surface area contributed by atoms with Crippen LogP contribution in [0.25, 0.3) is 0 Å². The largest absolute Gasteiger partial charge is 0.496 e. The molecule has 2 aromatic rings. The quantitative estimate of drug-likeness (QED) is 0.484. The molecule has 7 nitrogen and oxygen atoms in total. The summed E-state index contributed by atoms with van der Waals surface area (Å²) in [4.78, 5) is 25.2. The second-order valence-electron chi connectivity index (χ2n) is 7.54. The Bertz CT molecular complexity index is 914. The van der Waals surface area contributed by atoms with Gasteiger partial charge in [0.15, 0.2) is 6.61 Å². The topological polar surface area (TPSA) is 76.0 Å². The van der Waals surface area contributed by atoms with Crippen LogP contribution >= 0.6 is 0 Å². The molecule has 0 N–H and O–H groups in total. The molecule has 2 heterocycles. The van der Waals surface area contributed by atoms with Crippen LogP contribution < -0.4 is 9.47 Å². The van der Waals surface area contributed by atoms with Crippen LogP contribution in [0, 0.1) is 20.8 Å². The molecule has 1 aromatic carbocycles. The minimum Gasteiger partial charge on any atom is -0.496 e. The van der Waals surface area contributed by atoms with Gasteiger partial charge in [-0.2, -0.15) is 0 Å². The van der Waals surface area contributed by atoms with Crippen LogP contribution in [0.1, 0.15) is 50.5 Å². The van der Waals surface area contributed by atoms with Gasteiger partial charge in [-0.05, 0) is 51.8 Å². The lowest BCUT2D eigenvalue weighted by Crippen LogP contribution is -2.18. The van der Waals surface area contributed by atoms with Crippen LogP contribution in [-0.2, 0) is 16.0 Å². The van der Waals surface area contributed by atoms with Crippen molar-refractivity contribution in [3.63, 3.8) is 0 Å². The lowest BCUT2D eigenvalue weighted by atomic mass is 10.1. The van der Waals surface area contributed by atoms with E-state index in [4.69, 9.17) is 18.9 Å². The van der Waals surface area contributed by atoms with Crippen molar-refractivity contribution in [1.29, 1.82) is 0 Å². The van der Waals surface area contributed by atoms with Gasteiger partial charge in [0, 0.05) is 35.7 Å². The summed E-state index contributed by atoms with van der Waals surface area (Å²) in [6.07, 6.45) is 2.28. The van der Waals surface area contributed by atoms with Gasteiger partial charge in [-0.25, -0.2) is 4.79 Å². The average Bonchev–Trinajstić information content (AvgIpc) is 3.35. The number of carbonyl (C=O) groups excluding carboxylic acids is 2. The molecule has 1 aliphatic rings. The Kier molecular flexibility index (Phi) is 6.82. The minimum atomic E-state index is -0.604. The second kappa shape index (κ2) is 9.34. The van der Waals surface area contributed by atoms with Crippen molar-refractivity contribution in [1.82, 2.24) is 4.57 Å². The number of esters is 1. The second-order valence-corrected chi connectivity index (χ2v) is 7.54. The molecular formula is C23H29NO6. The fourth-order valence-corrected chi connectivity index (χ4v) is 3.85. The van der Waals surface area contributed by atoms with Crippen molar-refractivity contribution in [2.75, 3.05) is 27.4 Å². The maximum absolute atomic E-state index is 12.7. The third-order valence-electron chi connectivity index (χ3n) is 5.61. The number of methoxy groups -OCH3 is 2. The summed E-state index contributed by atoms with van der Waals surface area (Å²) in [7, 11) is 3.04. The minimum absolute atomic E-state index is 0.182. The summed E-state index contributed by atoms with van der Waals surface area (Å²) in [5.74, 6) is 0.199. The van der Waals surface area contributed by atoms with E-state index < -0.39 is 5.97 Å². The summed E-state index contributed by atoms with van der Waals surface area (Å²) < 4.78 is 23.7. The number of ketones is 1. The number of Topliss-reactive ketones (excluding diaryl/α,β-unsaturated/α-hetero) is 1. The average molecular weight is 415 g/mol. The molecule has 162 valence electrons. The molecule has 0 unspecified atom stereocenters. The van der Waals surface area contributed by atoms with Gasteiger partial charge in [0.25, 0.3) is 0 Å². The molecule has 1 atom stereocenters. The molecule has 3 rings (SSSR count). The lowest BCUT2D eigenvalue weighted by molar-refractivity contribution is 0.0474. The number of hydrogen-bond donors (Lipinski definition) is 0. The zero-order valence-electron chi connectivity index (χ0n) is 18.2. The van der Waals surface area contributed by atoms with Crippen LogP contribution in [-0.4, -0.2) is 49.9 Å². The first kappa shape index (κ1) is 21.9. The van der Waals surface area contributed by atoms with Crippen LogP contribution in [0.3, 0.4) is 0 Å². The summed E-state index contributed by atoms with van der Waals surface area (Å²) in [5.41, 5.74) is 3.48. The molecule has 1 fully saturated rings. The van der Waals surface area contributed by atoms with E-state index in [-0.39, 0.29) is 24.1 Å². The molecule has 7 heteroatoms. The summed E-state index contributed by atoms with van der Waals surface area (Å²) in [6, 6.07) is 5.01. The molecule has 0 aliphatic carbocycles. The maximum atomic E-state index is 12.7. The van der Waals surface area contributed by atoms with Crippen molar-refractivity contribution in [2.45, 2.75) is 46.3 Å². The van der Waals surface area contributed by atoms with E-state index in [2.05, 4.69) is 4.57 Å². The normalized spacial score (nSPS) is 15.8. The first-order valence-electron chi connectivity index (χ1n) is 10.1. The van der Waals surface area contributed by atoms with Crippen LogP contribution in [0.15, 0.2) is 18.2 Å². The number of aromatic nitrogens is 1. The Labute approximate surface area is 176 Å². The fourth-order valence-electron chi connectivity index (χ4n) is 3.85. The molecule has 30 heavy (non-hydrogen) atoms. The van der Waals surface area contributed by atoms with Crippen LogP contribution in [0.4, 0.5) is 0 Å². The van der Waals surface area contributed by atoms with E-state index >= 15 is 0 Å². The molecular weight excluding hydrogens is 386 g/mol. The number of rotatable bonds is 8. The number of hydrogen-bond acceptors (Lipinski definition) is 6. The maximum Gasteiger partial charge on any atom is 0.338 e. The highest BCUT2D eigenvalue weighted by Crippen LogP contribution is 2.30. The van der Waals surface area contributed by atoms with Gasteiger partial charge in [0.05, 0.1) is 25.9 Å². The van der Waals surface area contributed by atoms with E-state index in [0.29, 0.717) is 17.1 Å². The smallest absolute Gasteiger partial charge is 0.338 e. The monoisotopic (exact) mass is 415 g/mol. The van der Waals surface area contributed by atoms with Crippen molar-refractivity contribution >= 4 is 11.8 Å². The Hall–Kier alpha value is -2.80. The molecule has 1 saturated heterocycles. The molecule has 0 amide bonds. The van der Waals surface area contributed by atoms with Crippen LogP contribution in [0.2, 0.25) is 0 Å². The Morgan fingerprint density at radius 2 is 1.77 bits per heavy atom.